The van der Waals surface area contributed by atoms with Crippen molar-refractivity contribution in [2.45, 2.75) is 46.1 Å². The van der Waals surface area contributed by atoms with Gasteiger partial charge in [0.1, 0.15) is 0 Å². The number of aromatic nitrogens is 2. The summed E-state index contributed by atoms with van der Waals surface area (Å²) in [5.74, 6) is 0.570. The highest BCUT2D eigenvalue weighted by Gasteiger charge is 2.51. The molecule has 1 aliphatic heterocycles. The number of carbonyl (C=O) groups is 1. The van der Waals surface area contributed by atoms with Gasteiger partial charge < -0.3 is 9.42 Å². The van der Waals surface area contributed by atoms with Crippen LogP contribution in [0.1, 0.15) is 50.5 Å². The summed E-state index contributed by atoms with van der Waals surface area (Å²) >= 11 is 0. The molecule has 2 bridgehead atoms. The number of pyridine rings is 1. The Balaban J connectivity index is 1.58. The van der Waals surface area contributed by atoms with Crippen LogP contribution in [-0.4, -0.2) is 33.5 Å². The minimum atomic E-state index is -0.0136. The maximum Gasteiger partial charge on any atom is 0.276 e. The first-order valence-electron chi connectivity index (χ1n) is 8.53. The van der Waals surface area contributed by atoms with Gasteiger partial charge in [0.25, 0.3) is 5.91 Å². The van der Waals surface area contributed by atoms with Crippen molar-refractivity contribution in [2.75, 3.05) is 6.54 Å². The van der Waals surface area contributed by atoms with E-state index < -0.39 is 0 Å². The number of rotatable bonds is 2. The molecule has 0 N–H and O–H groups in total. The Morgan fingerprint density at radius 2 is 2.17 bits per heavy atom. The van der Waals surface area contributed by atoms with Gasteiger partial charge >= 0.3 is 0 Å². The van der Waals surface area contributed by atoms with Crippen LogP contribution in [0.15, 0.2) is 35.1 Å². The normalized spacial score (nSPS) is 28.1. The summed E-state index contributed by atoms with van der Waals surface area (Å²) < 4.78 is 5.37. The maximum atomic E-state index is 13.0. The molecule has 0 radical (unpaired) electrons. The molecular weight excluding hydrogens is 302 g/mol. The zero-order valence-corrected chi connectivity index (χ0v) is 14.5. The molecule has 1 aliphatic carbocycles. The number of carbonyl (C=O) groups excluding carboxylic acids is 1. The van der Waals surface area contributed by atoms with E-state index in [1.807, 2.05) is 17.0 Å². The third-order valence-electron chi connectivity index (χ3n) is 5.35. The monoisotopic (exact) mass is 325 g/mol. The predicted octanol–water partition coefficient (Wildman–Crippen LogP) is 3.78. The Kier molecular flexibility index (Phi) is 3.31. The van der Waals surface area contributed by atoms with E-state index in [1.165, 1.54) is 6.42 Å². The fourth-order valence-electron chi connectivity index (χ4n) is 4.87. The maximum absolute atomic E-state index is 13.0. The van der Waals surface area contributed by atoms with E-state index >= 15 is 0 Å². The van der Waals surface area contributed by atoms with Crippen molar-refractivity contribution < 1.29 is 9.32 Å². The number of likely N-dealkylation sites (tertiary alicyclic amines) is 1. The Morgan fingerprint density at radius 3 is 2.92 bits per heavy atom. The van der Waals surface area contributed by atoms with Gasteiger partial charge in [-0.25, -0.2) is 0 Å². The van der Waals surface area contributed by atoms with Gasteiger partial charge in [0, 0.05) is 36.6 Å². The summed E-state index contributed by atoms with van der Waals surface area (Å²) in [4.78, 5) is 19.1. The fraction of sp³-hybridized carbons (Fsp3) is 0.526. The molecule has 0 spiro atoms. The smallest absolute Gasteiger partial charge is 0.276 e. The lowest BCUT2D eigenvalue weighted by atomic mass is 9.65. The molecule has 1 saturated heterocycles. The van der Waals surface area contributed by atoms with E-state index in [9.17, 15) is 4.79 Å². The van der Waals surface area contributed by atoms with Gasteiger partial charge in [0.15, 0.2) is 11.5 Å². The minimum absolute atomic E-state index is 0.0136. The predicted molar refractivity (Wildman–Crippen MR) is 90.3 cm³/mol. The average molecular weight is 325 g/mol. The van der Waals surface area contributed by atoms with E-state index in [2.05, 4.69) is 30.9 Å². The quantitative estimate of drug-likeness (QED) is 0.843. The van der Waals surface area contributed by atoms with Crippen molar-refractivity contribution in [3.8, 4) is 11.3 Å². The third kappa shape index (κ3) is 2.62. The van der Waals surface area contributed by atoms with Crippen LogP contribution < -0.4 is 0 Å². The van der Waals surface area contributed by atoms with E-state index in [1.54, 1.807) is 18.5 Å². The van der Waals surface area contributed by atoms with Crippen LogP contribution in [-0.2, 0) is 0 Å². The highest BCUT2D eigenvalue weighted by Crippen LogP contribution is 2.52. The van der Waals surface area contributed by atoms with Gasteiger partial charge in [-0.1, -0.05) is 25.9 Å². The molecule has 1 amide bonds. The molecule has 24 heavy (non-hydrogen) atoms. The molecule has 2 atom stereocenters. The van der Waals surface area contributed by atoms with Crippen LogP contribution >= 0.6 is 0 Å². The molecule has 2 aromatic rings. The van der Waals surface area contributed by atoms with Gasteiger partial charge in [-0.3, -0.25) is 9.78 Å². The fourth-order valence-corrected chi connectivity index (χ4v) is 4.87. The summed E-state index contributed by atoms with van der Waals surface area (Å²) in [6, 6.07) is 5.78. The molecule has 2 fully saturated rings. The molecule has 0 aromatic carbocycles. The molecule has 1 saturated carbocycles. The van der Waals surface area contributed by atoms with Crippen LogP contribution in [0, 0.1) is 10.8 Å². The molecule has 2 aliphatic rings. The van der Waals surface area contributed by atoms with Gasteiger partial charge in [-0.2, -0.15) is 0 Å². The largest absolute Gasteiger partial charge is 0.355 e. The first kappa shape index (κ1) is 15.4. The van der Waals surface area contributed by atoms with Crippen molar-refractivity contribution in [3.63, 3.8) is 0 Å². The average Bonchev–Trinajstić information content (AvgIpc) is 3.09. The summed E-state index contributed by atoms with van der Waals surface area (Å²) in [6.45, 7) is 7.73. The van der Waals surface area contributed by atoms with Crippen molar-refractivity contribution in [3.05, 3.63) is 36.3 Å². The highest BCUT2D eigenvalue weighted by atomic mass is 16.5. The molecule has 5 heteroatoms. The second-order valence-electron chi connectivity index (χ2n) is 8.46. The van der Waals surface area contributed by atoms with Crippen molar-refractivity contribution in [1.82, 2.24) is 15.0 Å². The lowest BCUT2D eigenvalue weighted by molar-refractivity contribution is 0.0698. The first-order valence-corrected chi connectivity index (χ1v) is 8.53. The number of hydrogen-bond acceptors (Lipinski definition) is 4. The Hall–Kier alpha value is -2.17. The SMILES string of the molecule is CC1(C)C[C@H]2C[C@@](C)(CN2C(=O)c2cc(-c3cccnc3)on2)C1. The molecular formula is C19H23N3O2. The number of hydrogen-bond donors (Lipinski definition) is 0. The zero-order valence-electron chi connectivity index (χ0n) is 14.5. The third-order valence-corrected chi connectivity index (χ3v) is 5.35. The molecule has 3 heterocycles. The highest BCUT2D eigenvalue weighted by molar-refractivity contribution is 5.93. The van der Waals surface area contributed by atoms with Crippen LogP contribution in [0.5, 0.6) is 0 Å². The van der Waals surface area contributed by atoms with Crippen LogP contribution in [0.25, 0.3) is 11.3 Å². The van der Waals surface area contributed by atoms with E-state index in [4.69, 9.17) is 4.52 Å². The van der Waals surface area contributed by atoms with Crippen LogP contribution in [0.4, 0.5) is 0 Å². The molecule has 2 aromatic heterocycles. The van der Waals surface area contributed by atoms with E-state index in [-0.39, 0.29) is 16.7 Å². The van der Waals surface area contributed by atoms with Gasteiger partial charge in [0.2, 0.25) is 0 Å². The number of nitrogens with zero attached hydrogens (tertiary/aromatic N) is 3. The van der Waals surface area contributed by atoms with Gasteiger partial charge in [0.05, 0.1) is 0 Å². The topological polar surface area (TPSA) is 59.2 Å². The molecule has 5 nitrogen and oxygen atoms in total. The number of fused-ring (bicyclic) bond motifs is 2. The van der Waals surface area contributed by atoms with Crippen LogP contribution in [0.2, 0.25) is 0 Å². The standard InChI is InChI=1S/C19H23N3O2/c1-18(2)8-14-9-19(3,11-18)12-22(14)17(23)15-7-16(24-21-15)13-5-4-6-20-10-13/h4-7,10,14H,8-9,11-12H2,1-3H3/t14-,19+/m0/s1. The second-order valence-corrected chi connectivity index (χ2v) is 8.46. The molecule has 0 unspecified atom stereocenters. The Morgan fingerprint density at radius 1 is 1.33 bits per heavy atom. The van der Waals surface area contributed by atoms with Crippen molar-refractivity contribution in [1.29, 1.82) is 0 Å². The summed E-state index contributed by atoms with van der Waals surface area (Å²) in [7, 11) is 0. The lowest BCUT2D eigenvalue weighted by Gasteiger charge is -2.39. The zero-order chi connectivity index (χ0) is 16.9. The van der Waals surface area contributed by atoms with E-state index in [0.717, 1.165) is 24.9 Å². The minimum Gasteiger partial charge on any atom is -0.355 e. The van der Waals surface area contributed by atoms with E-state index in [0.29, 0.717) is 17.5 Å². The second kappa shape index (κ2) is 5.16. The Labute approximate surface area is 142 Å². The van der Waals surface area contributed by atoms with Crippen molar-refractivity contribution in [2.24, 2.45) is 10.8 Å². The first-order chi connectivity index (χ1) is 11.4. The Bertz CT molecular complexity index is 768. The summed E-state index contributed by atoms with van der Waals surface area (Å²) in [5, 5.41) is 4.02. The van der Waals surface area contributed by atoms with Crippen molar-refractivity contribution >= 4 is 5.91 Å². The lowest BCUT2D eigenvalue weighted by Crippen LogP contribution is -2.37. The van der Waals surface area contributed by atoms with Gasteiger partial charge in [-0.05, 0) is 42.2 Å². The van der Waals surface area contributed by atoms with Crippen LogP contribution in [0.3, 0.4) is 0 Å². The number of amides is 1. The molecule has 4 rings (SSSR count). The summed E-state index contributed by atoms with van der Waals surface area (Å²) in [5.41, 5.74) is 1.73. The molecule has 126 valence electrons. The van der Waals surface area contributed by atoms with Gasteiger partial charge in [-0.15, -0.1) is 0 Å². The summed E-state index contributed by atoms with van der Waals surface area (Å²) in [6.07, 6.45) is 6.73.